The van der Waals surface area contributed by atoms with Gasteiger partial charge in [-0.2, -0.15) is 0 Å². The third kappa shape index (κ3) is 4.21. The van der Waals surface area contributed by atoms with Gasteiger partial charge in [0.05, 0.1) is 0 Å². The Bertz CT molecular complexity index is 87.4. The van der Waals surface area contributed by atoms with Crippen molar-refractivity contribution in [2.45, 2.75) is 11.9 Å². The molecule has 8 heavy (non-hydrogen) atoms. The van der Waals surface area contributed by atoms with Crippen molar-refractivity contribution in [2.24, 2.45) is 0 Å². The average molecular weight is 202 g/mol. The molecule has 0 rings (SSSR count). The van der Waals surface area contributed by atoms with E-state index in [2.05, 4.69) is 20.7 Å². The van der Waals surface area contributed by atoms with E-state index in [1.807, 2.05) is 0 Å². The zero-order valence-electron chi connectivity index (χ0n) is 4.15. The van der Waals surface area contributed by atoms with Gasteiger partial charge in [0.25, 0.3) is 0 Å². The van der Waals surface area contributed by atoms with Crippen molar-refractivity contribution in [3.63, 3.8) is 0 Å². The van der Waals surface area contributed by atoms with Crippen molar-refractivity contribution in [3.8, 4) is 0 Å². The van der Waals surface area contributed by atoms with Gasteiger partial charge >= 0.3 is 6.09 Å². The molecule has 48 valence electrons. The van der Waals surface area contributed by atoms with Crippen LogP contribution >= 0.6 is 27.7 Å². The first-order valence-electron chi connectivity index (χ1n) is 1.88. The lowest BCUT2D eigenvalue weighted by Gasteiger charge is -2.01. The van der Waals surface area contributed by atoms with Gasteiger partial charge in [-0.1, -0.05) is 0 Å². The number of carbonyl (C=O) groups excluding carboxylic acids is 1. The Balaban J connectivity index is 3.25. The molecule has 3 nitrogen and oxygen atoms in total. The van der Waals surface area contributed by atoms with Gasteiger partial charge in [0.1, 0.15) is 0 Å². The van der Waals surface area contributed by atoms with E-state index < -0.39 is 6.09 Å². The van der Waals surface area contributed by atoms with E-state index in [0.29, 0.717) is 0 Å². The van der Waals surface area contributed by atoms with E-state index in [1.165, 1.54) is 0 Å². The standard InChI is InChI=1S/C3H5BrClNO2/c1-2(4)8-3(7)6-5/h2H,1H3,(H,6,7). The normalized spacial score (nSPS) is 12.4. The summed E-state index contributed by atoms with van der Waals surface area (Å²) in [5.74, 6) is 0. The Morgan fingerprint density at radius 3 is 2.62 bits per heavy atom. The number of nitrogens with one attached hydrogen (secondary N) is 1. The van der Waals surface area contributed by atoms with Crippen molar-refractivity contribution in [1.82, 2.24) is 4.84 Å². The van der Waals surface area contributed by atoms with Crippen molar-refractivity contribution >= 4 is 33.8 Å². The Morgan fingerprint density at radius 1 is 2.00 bits per heavy atom. The SMILES string of the molecule is CC(Br)OC(=O)NCl. The van der Waals surface area contributed by atoms with Gasteiger partial charge in [0.2, 0.25) is 0 Å². The van der Waals surface area contributed by atoms with Gasteiger partial charge in [-0.15, -0.1) is 0 Å². The zero-order valence-corrected chi connectivity index (χ0v) is 6.49. The minimum absolute atomic E-state index is 0.304. The maximum atomic E-state index is 10.1. The second-order valence-corrected chi connectivity index (χ2v) is 2.52. The first kappa shape index (κ1) is 8.04. The van der Waals surface area contributed by atoms with Crippen LogP contribution in [0, 0.1) is 0 Å². The number of halogens is 2. The fourth-order valence-electron chi connectivity index (χ4n) is 0.170. The third-order valence-electron chi connectivity index (χ3n) is 0.347. The van der Waals surface area contributed by atoms with Crippen molar-refractivity contribution in [1.29, 1.82) is 0 Å². The van der Waals surface area contributed by atoms with Crippen LogP contribution in [-0.4, -0.2) is 11.1 Å². The van der Waals surface area contributed by atoms with Crippen LogP contribution in [0.5, 0.6) is 0 Å². The smallest absolute Gasteiger partial charge is 0.422 e. The molecule has 0 saturated heterocycles. The monoisotopic (exact) mass is 201 g/mol. The number of amides is 1. The predicted molar refractivity (Wildman–Crippen MR) is 33.9 cm³/mol. The highest BCUT2D eigenvalue weighted by Gasteiger charge is 2.01. The summed E-state index contributed by atoms with van der Waals surface area (Å²) in [5.41, 5.74) is 0. The van der Waals surface area contributed by atoms with Crippen molar-refractivity contribution < 1.29 is 9.53 Å². The summed E-state index contributed by atoms with van der Waals surface area (Å²) in [7, 11) is 0. The van der Waals surface area contributed by atoms with Gasteiger partial charge in [-0.3, -0.25) is 0 Å². The second kappa shape index (κ2) is 3.97. The summed E-state index contributed by atoms with van der Waals surface area (Å²) in [6, 6.07) is 0. The lowest BCUT2D eigenvalue weighted by Crippen LogP contribution is -2.16. The average Bonchev–Trinajstić information content (AvgIpc) is 1.65. The van der Waals surface area contributed by atoms with E-state index in [4.69, 9.17) is 11.8 Å². The number of hydrogen-bond donors (Lipinski definition) is 1. The molecule has 0 saturated carbocycles. The fraction of sp³-hybridized carbons (Fsp3) is 0.667. The van der Waals surface area contributed by atoms with Gasteiger partial charge < -0.3 is 4.74 Å². The van der Waals surface area contributed by atoms with Gasteiger partial charge in [-0.05, 0) is 22.9 Å². The molecule has 0 spiro atoms. The Kier molecular flexibility index (Phi) is 3.99. The highest BCUT2D eigenvalue weighted by Crippen LogP contribution is 1.98. The summed E-state index contributed by atoms with van der Waals surface area (Å²) >= 11 is 7.82. The molecule has 1 unspecified atom stereocenters. The van der Waals surface area contributed by atoms with Gasteiger partial charge in [0.15, 0.2) is 5.01 Å². The number of carbonyl (C=O) groups is 1. The molecule has 1 N–H and O–H groups in total. The topological polar surface area (TPSA) is 38.3 Å². The van der Waals surface area contributed by atoms with E-state index >= 15 is 0 Å². The Hall–Kier alpha value is 0.0400. The fourth-order valence-corrected chi connectivity index (χ4v) is 0.384. The first-order valence-corrected chi connectivity index (χ1v) is 3.17. The number of rotatable bonds is 1. The molecule has 0 aromatic carbocycles. The van der Waals surface area contributed by atoms with E-state index in [0.717, 1.165) is 0 Å². The molecule has 0 radical (unpaired) electrons. The molecular weight excluding hydrogens is 197 g/mol. The molecule has 0 aromatic heterocycles. The predicted octanol–water partition coefficient (Wildman–Crippen LogP) is 1.61. The van der Waals surface area contributed by atoms with Crippen LogP contribution in [0.2, 0.25) is 0 Å². The summed E-state index contributed by atoms with van der Waals surface area (Å²) in [6.07, 6.45) is -0.656. The van der Waals surface area contributed by atoms with Crippen LogP contribution in [-0.2, 0) is 4.74 Å². The zero-order chi connectivity index (χ0) is 6.57. The Morgan fingerprint density at radius 2 is 2.50 bits per heavy atom. The van der Waals surface area contributed by atoms with E-state index in [-0.39, 0.29) is 5.01 Å². The molecule has 0 fully saturated rings. The summed E-state index contributed by atoms with van der Waals surface area (Å²) in [5, 5.41) is -0.304. The number of ether oxygens (including phenoxy) is 1. The Labute approximate surface area is 60.6 Å². The lowest BCUT2D eigenvalue weighted by atomic mass is 10.9. The molecule has 0 aliphatic heterocycles. The van der Waals surface area contributed by atoms with Gasteiger partial charge in [-0.25, -0.2) is 9.63 Å². The third-order valence-corrected chi connectivity index (χ3v) is 0.688. The highest BCUT2D eigenvalue weighted by molar-refractivity contribution is 9.09. The molecule has 0 aliphatic rings. The van der Waals surface area contributed by atoms with Crippen LogP contribution < -0.4 is 4.84 Å². The molecule has 5 heteroatoms. The van der Waals surface area contributed by atoms with Crippen molar-refractivity contribution in [3.05, 3.63) is 0 Å². The first-order chi connectivity index (χ1) is 3.66. The largest absolute Gasteiger partial charge is 0.434 e. The lowest BCUT2D eigenvalue weighted by molar-refractivity contribution is 0.150. The van der Waals surface area contributed by atoms with Crippen LogP contribution in [0.4, 0.5) is 4.79 Å². The second-order valence-electron chi connectivity index (χ2n) is 1.04. The summed E-state index contributed by atoms with van der Waals surface area (Å²) < 4.78 is 4.43. The van der Waals surface area contributed by atoms with Crippen LogP contribution in [0.3, 0.4) is 0 Å². The number of alkyl halides is 1. The van der Waals surface area contributed by atoms with Crippen LogP contribution in [0.15, 0.2) is 0 Å². The molecule has 0 heterocycles. The van der Waals surface area contributed by atoms with Gasteiger partial charge in [0, 0.05) is 11.8 Å². The molecular formula is C3H5BrClNO2. The molecule has 0 bridgehead atoms. The minimum Gasteiger partial charge on any atom is -0.434 e. The highest BCUT2D eigenvalue weighted by atomic mass is 79.9. The maximum Gasteiger partial charge on any atom is 0.422 e. The summed E-state index contributed by atoms with van der Waals surface area (Å²) in [6.45, 7) is 1.66. The molecule has 1 amide bonds. The van der Waals surface area contributed by atoms with Crippen LogP contribution in [0.1, 0.15) is 6.92 Å². The molecule has 0 aromatic rings. The molecule has 0 aliphatic carbocycles. The van der Waals surface area contributed by atoms with Crippen LogP contribution in [0.25, 0.3) is 0 Å². The minimum atomic E-state index is -0.656. The quantitative estimate of drug-likeness (QED) is 0.518. The summed E-state index contributed by atoms with van der Waals surface area (Å²) in [4.78, 5) is 11.9. The molecule has 1 atom stereocenters. The van der Waals surface area contributed by atoms with Crippen molar-refractivity contribution in [2.75, 3.05) is 0 Å². The number of hydrogen-bond acceptors (Lipinski definition) is 2. The van der Waals surface area contributed by atoms with E-state index in [9.17, 15) is 4.79 Å². The van der Waals surface area contributed by atoms with E-state index in [1.54, 1.807) is 11.8 Å². The maximum absolute atomic E-state index is 10.1.